The van der Waals surface area contributed by atoms with E-state index in [1.165, 1.54) is 19.0 Å². The predicted molar refractivity (Wildman–Crippen MR) is 79.8 cm³/mol. The van der Waals surface area contributed by atoms with Crippen molar-refractivity contribution in [1.29, 1.82) is 0 Å². The van der Waals surface area contributed by atoms with Gasteiger partial charge in [-0.1, -0.05) is 12.8 Å². The minimum absolute atomic E-state index is 0.0430. The van der Waals surface area contributed by atoms with Crippen LogP contribution in [0.1, 0.15) is 26.2 Å². The Kier molecular flexibility index (Phi) is 3.22. The van der Waals surface area contributed by atoms with E-state index >= 15 is 0 Å². The third-order valence-electron chi connectivity index (χ3n) is 3.70. The molecule has 1 unspecified atom stereocenters. The van der Waals surface area contributed by atoms with Crippen LogP contribution >= 0.6 is 0 Å². The van der Waals surface area contributed by atoms with Crippen LogP contribution in [0.3, 0.4) is 0 Å². The smallest absolute Gasteiger partial charge is 0.242 e. The van der Waals surface area contributed by atoms with Crippen LogP contribution in [-0.2, 0) is 10.0 Å². The highest BCUT2D eigenvalue weighted by Crippen LogP contribution is 2.34. The number of hydrogen-bond donors (Lipinski definition) is 3. The Bertz CT molecular complexity index is 732. The zero-order chi connectivity index (χ0) is 14.3. The van der Waals surface area contributed by atoms with E-state index in [4.69, 9.17) is 5.73 Å². The first kappa shape index (κ1) is 13.5. The topological polar surface area (TPSA) is 88.0 Å². The minimum Gasteiger partial charge on any atom is -0.399 e. The normalized spacial score (nSPS) is 17.4. The zero-order valence-corrected chi connectivity index (χ0v) is 12.2. The van der Waals surface area contributed by atoms with Crippen molar-refractivity contribution in [3.05, 3.63) is 24.4 Å². The lowest BCUT2D eigenvalue weighted by molar-refractivity contribution is 0.530. The number of nitrogens with two attached hydrogens (primary N) is 1. The maximum Gasteiger partial charge on any atom is 0.242 e. The molecule has 0 amide bonds. The van der Waals surface area contributed by atoms with Gasteiger partial charge in [-0.3, -0.25) is 0 Å². The van der Waals surface area contributed by atoms with Gasteiger partial charge < -0.3 is 10.7 Å². The highest BCUT2D eigenvalue weighted by atomic mass is 32.2. The van der Waals surface area contributed by atoms with Crippen LogP contribution in [0.2, 0.25) is 0 Å². The lowest BCUT2D eigenvalue weighted by atomic mass is 10.2. The Morgan fingerprint density at radius 3 is 2.90 bits per heavy atom. The van der Waals surface area contributed by atoms with Crippen LogP contribution in [-0.4, -0.2) is 19.4 Å². The molecule has 0 spiro atoms. The molecule has 1 aliphatic rings. The van der Waals surface area contributed by atoms with E-state index in [1.54, 1.807) is 18.2 Å². The van der Waals surface area contributed by atoms with Gasteiger partial charge in [0.05, 0.1) is 0 Å². The van der Waals surface area contributed by atoms with E-state index in [0.29, 0.717) is 17.0 Å². The summed E-state index contributed by atoms with van der Waals surface area (Å²) >= 11 is 0. The molecule has 2 aromatic rings. The third kappa shape index (κ3) is 2.66. The molecule has 108 valence electrons. The number of benzene rings is 1. The third-order valence-corrected chi connectivity index (χ3v) is 5.33. The summed E-state index contributed by atoms with van der Waals surface area (Å²) in [4.78, 5) is 3.24. The summed E-state index contributed by atoms with van der Waals surface area (Å²) in [6, 6.07) is 5.18. The molecule has 0 bridgehead atoms. The first-order valence-electron chi connectivity index (χ1n) is 6.84. The van der Waals surface area contributed by atoms with Gasteiger partial charge in [0.2, 0.25) is 10.0 Å². The Morgan fingerprint density at radius 2 is 2.20 bits per heavy atom. The predicted octanol–water partition coefficient (Wildman–Crippen LogP) is 2.22. The second-order valence-electron chi connectivity index (χ2n) is 5.66. The fourth-order valence-corrected chi connectivity index (χ4v) is 3.99. The first-order valence-corrected chi connectivity index (χ1v) is 8.33. The van der Waals surface area contributed by atoms with Gasteiger partial charge in [0, 0.05) is 28.8 Å². The Labute approximate surface area is 118 Å². The van der Waals surface area contributed by atoms with Gasteiger partial charge in [-0.15, -0.1) is 0 Å². The van der Waals surface area contributed by atoms with E-state index < -0.39 is 10.0 Å². The van der Waals surface area contributed by atoms with Crippen LogP contribution in [0.5, 0.6) is 0 Å². The maximum atomic E-state index is 12.5. The highest BCUT2D eigenvalue weighted by Gasteiger charge is 2.27. The van der Waals surface area contributed by atoms with Gasteiger partial charge in [-0.2, -0.15) is 0 Å². The summed E-state index contributed by atoms with van der Waals surface area (Å²) in [6.07, 6.45) is 4.87. The van der Waals surface area contributed by atoms with Gasteiger partial charge in [0.1, 0.15) is 4.90 Å². The number of aromatic amines is 1. The molecular formula is C14H19N3O2S. The monoisotopic (exact) mass is 293 g/mol. The summed E-state index contributed by atoms with van der Waals surface area (Å²) in [5.74, 6) is 0.686. The number of fused-ring (bicyclic) bond motifs is 1. The van der Waals surface area contributed by atoms with Gasteiger partial charge in [0.25, 0.3) is 0 Å². The number of sulfonamides is 1. The average Bonchev–Trinajstić information content (AvgIpc) is 3.05. The molecule has 1 atom stereocenters. The highest BCUT2D eigenvalue weighted by molar-refractivity contribution is 7.89. The fraction of sp³-hybridized carbons (Fsp3) is 0.429. The number of rotatable bonds is 5. The SMILES string of the molecule is CC(CC1CC1)NS(=O)(=O)c1c[nH]c2ccc(N)cc12. The van der Waals surface area contributed by atoms with Crippen LogP contribution in [0, 0.1) is 5.92 Å². The number of nitrogen functional groups attached to an aromatic ring is 1. The standard InChI is InChI=1S/C14H19N3O2S/c1-9(6-10-2-3-10)17-20(18,19)14-8-16-13-5-4-11(15)7-12(13)14/h4-5,7-10,16-17H,2-3,6,15H2,1H3. The number of aromatic nitrogens is 1. The summed E-state index contributed by atoms with van der Waals surface area (Å²) in [5.41, 5.74) is 7.07. The van der Waals surface area contributed by atoms with Crippen LogP contribution in [0.15, 0.2) is 29.3 Å². The van der Waals surface area contributed by atoms with E-state index in [-0.39, 0.29) is 10.9 Å². The number of anilines is 1. The summed E-state index contributed by atoms with van der Waals surface area (Å²) < 4.78 is 27.7. The second-order valence-corrected chi connectivity index (χ2v) is 7.34. The second kappa shape index (κ2) is 4.79. The van der Waals surface area contributed by atoms with Crippen molar-refractivity contribution in [2.75, 3.05) is 5.73 Å². The molecule has 0 saturated heterocycles. The van der Waals surface area contributed by atoms with Crippen molar-refractivity contribution in [3.8, 4) is 0 Å². The minimum atomic E-state index is -3.51. The molecule has 1 fully saturated rings. The molecule has 1 aliphatic carbocycles. The Morgan fingerprint density at radius 1 is 1.45 bits per heavy atom. The zero-order valence-electron chi connectivity index (χ0n) is 11.4. The molecule has 20 heavy (non-hydrogen) atoms. The van der Waals surface area contributed by atoms with Gasteiger partial charge in [-0.25, -0.2) is 13.1 Å². The molecule has 6 heteroatoms. The van der Waals surface area contributed by atoms with Crippen LogP contribution < -0.4 is 10.5 Å². The summed E-state index contributed by atoms with van der Waals surface area (Å²) in [6.45, 7) is 1.92. The first-order chi connectivity index (χ1) is 9.45. The van der Waals surface area contributed by atoms with Crippen molar-refractivity contribution in [2.24, 2.45) is 5.92 Å². The number of hydrogen-bond acceptors (Lipinski definition) is 3. The number of H-pyrrole nitrogens is 1. The van der Waals surface area contributed by atoms with Crippen LogP contribution in [0.25, 0.3) is 10.9 Å². The molecule has 4 N–H and O–H groups in total. The summed E-state index contributed by atoms with van der Waals surface area (Å²) in [7, 11) is -3.51. The van der Waals surface area contributed by atoms with Crippen molar-refractivity contribution in [1.82, 2.24) is 9.71 Å². The van der Waals surface area contributed by atoms with E-state index in [0.717, 1.165) is 11.9 Å². The lowest BCUT2D eigenvalue weighted by Crippen LogP contribution is -2.32. The van der Waals surface area contributed by atoms with E-state index in [2.05, 4.69) is 9.71 Å². The Balaban J connectivity index is 1.89. The van der Waals surface area contributed by atoms with Gasteiger partial charge >= 0.3 is 0 Å². The lowest BCUT2D eigenvalue weighted by Gasteiger charge is -2.13. The molecule has 1 heterocycles. The summed E-state index contributed by atoms with van der Waals surface area (Å²) in [5, 5.41) is 0.635. The molecule has 1 aromatic carbocycles. The van der Waals surface area contributed by atoms with E-state index in [9.17, 15) is 8.42 Å². The molecule has 3 rings (SSSR count). The molecule has 1 saturated carbocycles. The molecule has 0 aliphatic heterocycles. The molecular weight excluding hydrogens is 274 g/mol. The van der Waals surface area contributed by atoms with Crippen molar-refractivity contribution in [2.45, 2.75) is 37.1 Å². The molecule has 1 aromatic heterocycles. The van der Waals surface area contributed by atoms with Gasteiger partial charge in [-0.05, 0) is 37.5 Å². The van der Waals surface area contributed by atoms with E-state index in [1.807, 2.05) is 6.92 Å². The largest absolute Gasteiger partial charge is 0.399 e. The van der Waals surface area contributed by atoms with Crippen LogP contribution in [0.4, 0.5) is 5.69 Å². The number of nitrogens with one attached hydrogen (secondary N) is 2. The maximum absolute atomic E-state index is 12.5. The Hall–Kier alpha value is -1.53. The molecule has 5 nitrogen and oxygen atoms in total. The fourth-order valence-electron chi connectivity index (χ4n) is 2.56. The van der Waals surface area contributed by atoms with Crippen molar-refractivity contribution in [3.63, 3.8) is 0 Å². The molecule has 0 radical (unpaired) electrons. The van der Waals surface area contributed by atoms with Crippen molar-refractivity contribution >= 4 is 26.6 Å². The van der Waals surface area contributed by atoms with Crippen molar-refractivity contribution < 1.29 is 8.42 Å². The quantitative estimate of drug-likeness (QED) is 0.739. The average molecular weight is 293 g/mol. The van der Waals surface area contributed by atoms with Gasteiger partial charge in [0.15, 0.2) is 0 Å².